The molecule has 0 radical (unpaired) electrons. The Morgan fingerprint density at radius 1 is 1.03 bits per heavy atom. The Hall–Kier alpha value is -2.93. The van der Waals surface area contributed by atoms with E-state index < -0.39 is 0 Å². The van der Waals surface area contributed by atoms with Crippen molar-refractivity contribution in [3.63, 3.8) is 0 Å². The van der Waals surface area contributed by atoms with E-state index in [1.165, 1.54) is 11.8 Å². The van der Waals surface area contributed by atoms with Crippen LogP contribution in [0.3, 0.4) is 0 Å². The third kappa shape index (κ3) is 5.16. The molecule has 1 atom stereocenters. The topological polar surface area (TPSA) is 76.9 Å². The van der Waals surface area contributed by atoms with Crippen LogP contribution in [-0.4, -0.2) is 32.2 Å². The highest BCUT2D eigenvalue weighted by molar-refractivity contribution is 7.99. The van der Waals surface area contributed by atoms with Crippen LogP contribution < -0.4 is 5.32 Å². The van der Waals surface area contributed by atoms with Gasteiger partial charge in [0.15, 0.2) is 16.8 Å². The van der Waals surface area contributed by atoms with E-state index in [2.05, 4.69) is 15.5 Å². The minimum absolute atomic E-state index is 0.0401. The largest absolute Gasteiger partial charge is 0.342 e. The van der Waals surface area contributed by atoms with Crippen LogP contribution in [-0.2, 0) is 7.05 Å². The first-order valence-corrected chi connectivity index (χ1v) is 10.8. The number of ketones is 1. The molecule has 1 amide bonds. The van der Waals surface area contributed by atoms with E-state index in [-0.39, 0.29) is 29.4 Å². The summed E-state index contributed by atoms with van der Waals surface area (Å²) in [5.41, 5.74) is 2.33. The highest BCUT2D eigenvalue weighted by Gasteiger charge is 2.25. The van der Waals surface area contributed by atoms with E-state index in [0.717, 1.165) is 5.56 Å². The molecule has 0 aliphatic heterocycles. The molecule has 6 nitrogen and oxygen atoms in total. The van der Waals surface area contributed by atoms with Gasteiger partial charge in [0.1, 0.15) is 0 Å². The van der Waals surface area contributed by atoms with Crippen LogP contribution in [0.25, 0.3) is 0 Å². The number of aryl methyl sites for hydroxylation is 1. The maximum atomic E-state index is 12.8. The highest BCUT2D eigenvalue weighted by atomic mass is 32.2. The smallest absolute Gasteiger partial charge is 0.251 e. The maximum Gasteiger partial charge on any atom is 0.251 e. The predicted molar refractivity (Wildman–Crippen MR) is 119 cm³/mol. The number of carbonyl (C=O) groups excluding carboxylic acids is 2. The van der Waals surface area contributed by atoms with Crippen LogP contribution in [0.1, 0.15) is 52.0 Å². The molecule has 0 saturated carbocycles. The van der Waals surface area contributed by atoms with Crippen LogP contribution >= 0.6 is 11.8 Å². The van der Waals surface area contributed by atoms with Gasteiger partial charge in [0, 0.05) is 18.2 Å². The van der Waals surface area contributed by atoms with Gasteiger partial charge in [-0.2, -0.15) is 0 Å². The van der Waals surface area contributed by atoms with Crippen LogP contribution in [0.15, 0.2) is 59.8 Å². The zero-order valence-electron chi connectivity index (χ0n) is 17.6. The summed E-state index contributed by atoms with van der Waals surface area (Å²) >= 11 is 1.34. The third-order valence-electron chi connectivity index (χ3n) is 4.81. The van der Waals surface area contributed by atoms with Crippen LogP contribution in [0.2, 0.25) is 0 Å². The first kappa shape index (κ1) is 21.8. The molecule has 0 aliphatic rings. The lowest BCUT2D eigenvalue weighted by atomic mass is 10.0. The van der Waals surface area contributed by atoms with Gasteiger partial charge in [0.05, 0.1) is 11.8 Å². The number of hydrogen-bond donors (Lipinski definition) is 1. The van der Waals surface area contributed by atoms with Gasteiger partial charge in [-0.3, -0.25) is 9.59 Å². The Morgan fingerprint density at radius 2 is 1.73 bits per heavy atom. The normalized spacial score (nSPS) is 12.0. The van der Waals surface area contributed by atoms with Crippen LogP contribution in [0.4, 0.5) is 0 Å². The molecule has 0 saturated heterocycles. The summed E-state index contributed by atoms with van der Waals surface area (Å²) in [4.78, 5) is 25.1. The Labute approximate surface area is 181 Å². The molecule has 3 aromatic rings. The molecule has 2 aromatic carbocycles. The predicted octanol–water partition coefficient (Wildman–Crippen LogP) is 4.23. The molecule has 156 valence electrons. The zero-order chi connectivity index (χ0) is 21.7. The highest BCUT2D eigenvalue weighted by Crippen LogP contribution is 2.25. The fourth-order valence-corrected chi connectivity index (χ4v) is 3.91. The lowest BCUT2D eigenvalue weighted by molar-refractivity contribution is 0.0921. The fourth-order valence-electron chi connectivity index (χ4n) is 3.10. The van der Waals surface area contributed by atoms with Crippen molar-refractivity contribution in [1.29, 1.82) is 0 Å². The van der Waals surface area contributed by atoms with Crippen molar-refractivity contribution in [3.05, 3.63) is 77.1 Å². The second kappa shape index (κ2) is 9.71. The van der Waals surface area contributed by atoms with Gasteiger partial charge in [-0.1, -0.05) is 73.6 Å². The number of rotatable bonds is 8. The Bertz CT molecular complexity index is 1030. The van der Waals surface area contributed by atoms with Crippen molar-refractivity contribution < 1.29 is 9.59 Å². The van der Waals surface area contributed by atoms with Crippen molar-refractivity contribution in [2.24, 2.45) is 13.0 Å². The van der Waals surface area contributed by atoms with E-state index in [1.54, 1.807) is 18.2 Å². The van der Waals surface area contributed by atoms with Crippen molar-refractivity contribution in [2.75, 3.05) is 5.75 Å². The summed E-state index contributed by atoms with van der Waals surface area (Å²) in [6.07, 6.45) is 0. The quantitative estimate of drug-likeness (QED) is 0.434. The van der Waals surface area contributed by atoms with Gasteiger partial charge < -0.3 is 9.88 Å². The van der Waals surface area contributed by atoms with E-state index >= 15 is 0 Å². The molecule has 1 heterocycles. The monoisotopic (exact) mass is 422 g/mol. The number of hydrogen-bond acceptors (Lipinski definition) is 5. The van der Waals surface area contributed by atoms with Gasteiger partial charge in [-0.15, -0.1) is 10.2 Å². The minimum Gasteiger partial charge on any atom is -0.342 e. The van der Waals surface area contributed by atoms with E-state index in [0.29, 0.717) is 22.1 Å². The molecule has 0 spiro atoms. The summed E-state index contributed by atoms with van der Waals surface area (Å²) in [6.45, 7) is 6.02. The number of amides is 1. The lowest BCUT2D eigenvalue weighted by Crippen LogP contribution is -2.33. The molecule has 0 bridgehead atoms. The molecule has 1 aromatic heterocycles. The Balaban J connectivity index is 1.72. The standard InChI is InChI=1S/C23H26N4O2S/c1-15(2)20(24-22(29)18-12-8-9-16(3)13-18)21-25-26-23(27(21)4)30-14-19(28)17-10-6-5-7-11-17/h5-13,15,20H,14H2,1-4H3,(H,24,29)/t20-/m1/s1. The number of nitrogens with one attached hydrogen (secondary N) is 1. The summed E-state index contributed by atoms with van der Waals surface area (Å²) in [7, 11) is 1.86. The summed E-state index contributed by atoms with van der Waals surface area (Å²) in [5, 5.41) is 12.3. The molecule has 0 fully saturated rings. The van der Waals surface area contributed by atoms with Gasteiger partial charge >= 0.3 is 0 Å². The van der Waals surface area contributed by atoms with E-state index in [9.17, 15) is 9.59 Å². The fraction of sp³-hybridized carbons (Fsp3) is 0.304. The Kier molecular flexibility index (Phi) is 7.05. The average molecular weight is 423 g/mol. The van der Waals surface area contributed by atoms with Gasteiger partial charge in [0.2, 0.25) is 0 Å². The molecular formula is C23H26N4O2S. The molecule has 30 heavy (non-hydrogen) atoms. The van der Waals surface area contributed by atoms with Crippen molar-refractivity contribution in [2.45, 2.75) is 32.0 Å². The summed E-state index contributed by atoms with van der Waals surface area (Å²) in [6, 6.07) is 16.4. The molecule has 1 N–H and O–H groups in total. The van der Waals surface area contributed by atoms with Crippen molar-refractivity contribution >= 4 is 23.5 Å². The zero-order valence-corrected chi connectivity index (χ0v) is 18.4. The molecule has 0 unspecified atom stereocenters. The summed E-state index contributed by atoms with van der Waals surface area (Å²) in [5.74, 6) is 0.955. The van der Waals surface area contributed by atoms with Crippen molar-refractivity contribution in [3.8, 4) is 0 Å². The van der Waals surface area contributed by atoms with Gasteiger partial charge in [-0.05, 0) is 25.0 Å². The Morgan fingerprint density at radius 3 is 2.40 bits per heavy atom. The van der Waals surface area contributed by atoms with Crippen molar-refractivity contribution in [1.82, 2.24) is 20.1 Å². The van der Waals surface area contributed by atoms with Gasteiger partial charge in [-0.25, -0.2) is 0 Å². The third-order valence-corrected chi connectivity index (χ3v) is 5.83. The summed E-state index contributed by atoms with van der Waals surface area (Å²) < 4.78 is 1.85. The first-order chi connectivity index (χ1) is 14.4. The SMILES string of the molecule is Cc1cccc(C(=O)N[C@@H](c2nnc(SCC(=O)c3ccccc3)n2C)C(C)C)c1. The number of thioether (sulfide) groups is 1. The minimum atomic E-state index is -0.297. The number of Topliss-reactive ketones (excluding diaryl/α,β-unsaturated/α-hetero) is 1. The maximum absolute atomic E-state index is 12.8. The van der Waals surface area contributed by atoms with Gasteiger partial charge in [0.25, 0.3) is 5.91 Å². The molecular weight excluding hydrogens is 396 g/mol. The number of aromatic nitrogens is 3. The average Bonchev–Trinajstić information content (AvgIpc) is 3.10. The lowest BCUT2D eigenvalue weighted by Gasteiger charge is -2.21. The van der Waals surface area contributed by atoms with E-state index in [4.69, 9.17) is 0 Å². The number of nitrogens with zero attached hydrogens (tertiary/aromatic N) is 3. The van der Waals surface area contributed by atoms with E-state index in [1.807, 2.05) is 68.8 Å². The number of carbonyl (C=O) groups is 2. The van der Waals surface area contributed by atoms with Crippen LogP contribution in [0.5, 0.6) is 0 Å². The molecule has 0 aliphatic carbocycles. The van der Waals surface area contributed by atoms with Crippen LogP contribution in [0, 0.1) is 12.8 Å². The molecule has 3 rings (SSSR count). The second-order valence-electron chi connectivity index (χ2n) is 7.54. The second-order valence-corrected chi connectivity index (χ2v) is 8.48. The first-order valence-electron chi connectivity index (χ1n) is 9.84. The number of benzene rings is 2. The molecule has 7 heteroatoms.